The van der Waals surface area contributed by atoms with Gasteiger partial charge in [-0.15, -0.1) is 0 Å². The fourth-order valence-electron chi connectivity index (χ4n) is 2.31. The lowest BCUT2D eigenvalue weighted by molar-refractivity contribution is 0.0699. The van der Waals surface area contributed by atoms with Crippen molar-refractivity contribution in [2.75, 3.05) is 0 Å². The molecule has 3 nitrogen and oxygen atoms in total. The quantitative estimate of drug-likeness (QED) is 0.430. The molecule has 1 heterocycles. The molecular formula is C16H6F5NO2. The fourth-order valence-corrected chi connectivity index (χ4v) is 2.31. The van der Waals surface area contributed by atoms with Crippen molar-refractivity contribution < 1.29 is 31.9 Å². The Balaban J connectivity index is 2.31. The number of fused-ring (bicyclic) bond motifs is 1. The second-order valence-electron chi connectivity index (χ2n) is 4.82. The molecule has 0 aliphatic heterocycles. The van der Waals surface area contributed by atoms with Crippen molar-refractivity contribution in [2.24, 2.45) is 0 Å². The number of carboxylic acid groups (broad SMARTS) is 1. The summed E-state index contributed by atoms with van der Waals surface area (Å²) in [5, 5.41) is 9.24. The van der Waals surface area contributed by atoms with Gasteiger partial charge < -0.3 is 5.11 Å². The minimum Gasteiger partial charge on any atom is -0.478 e. The average Bonchev–Trinajstić information content (AvgIpc) is 2.57. The van der Waals surface area contributed by atoms with E-state index in [4.69, 9.17) is 5.11 Å². The molecule has 2 aromatic carbocycles. The lowest BCUT2D eigenvalue weighted by atomic mass is 10.0. The third-order valence-corrected chi connectivity index (χ3v) is 3.43. The van der Waals surface area contributed by atoms with Gasteiger partial charge in [0.1, 0.15) is 0 Å². The Kier molecular flexibility index (Phi) is 3.67. The molecule has 0 saturated heterocycles. The van der Waals surface area contributed by atoms with E-state index in [1.807, 2.05) is 0 Å². The van der Waals surface area contributed by atoms with Crippen LogP contribution in [0, 0.1) is 29.1 Å². The molecule has 0 amide bonds. The number of halogens is 5. The molecule has 0 fully saturated rings. The highest BCUT2D eigenvalue weighted by atomic mass is 19.2. The Labute approximate surface area is 131 Å². The molecular weight excluding hydrogens is 333 g/mol. The van der Waals surface area contributed by atoms with Crippen LogP contribution in [0.25, 0.3) is 22.2 Å². The maximum atomic E-state index is 13.8. The molecule has 0 aliphatic carbocycles. The Morgan fingerprint density at radius 1 is 0.833 bits per heavy atom. The molecule has 0 aliphatic rings. The summed E-state index contributed by atoms with van der Waals surface area (Å²) in [6.07, 6.45) is 0. The van der Waals surface area contributed by atoms with Gasteiger partial charge >= 0.3 is 5.97 Å². The highest BCUT2D eigenvalue weighted by molar-refractivity contribution is 6.02. The van der Waals surface area contributed by atoms with Crippen molar-refractivity contribution in [1.29, 1.82) is 0 Å². The summed E-state index contributed by atoms with van der Waals surface area (Å²) in [5.41, 5.74) is -1.74. The summed E-state index contributed by atoms with van der Waals surface area (Å²) in [5.74, 6) is -11.7. The van der Waals surface area contributed by atoms with Crippen LogP contribution in [0.15, 0.2) is 30.3 Å². The zero-order chi connectivity index (χ0) is 17.6. The van der Waals surface area contributed by atoms with Gasteiger partial charge in [-0.3, -0.25) is 0 Å². The summed E-state index contributed by atoms with van der Waals surface area (Å²) in [7, 11) is 0. The topological polar surface area (TPSA) is 50.2 Å². The van der Waals surface area contributed by atoms with Gasteiger partial charge in [0.15, 0.2) is 23.3 Å². The minimum atomic E-state index is -2.26. The van der Waals surface area contributed by atoms with E-state index < -0.39 is 46.3 Å². The Morgan fingerprint density at radius 2 is 1.42 bits per heavy atom. The third kappa shape index (κ3) is 2.27. The van der Waals surface area contributed by atoms with Crippen LogP contribution in [0.5, 0.6) is 0 Å². The number of pyridine rings is 1. The molecule has 3 rings (SSSR count). The molecule has 0 spiro atoms. The van der Waals surface area contributed by atoms with Crippen LogP contribution >= 0.6 is 0 Å². The van der Waals surface area contributed by atoms with Crippen molar-refractivity contribution >= 4 is 16.9 Å². The predicted octanol–water partition coefficient (Wildman–Crippen LogP) is 4.30. The smallest absolute Gasteiger partial charge is 0.336 e. The molecule has 0 radical (unpaired) electrons. The van der Waals surface area contributed by atoms with Crippen LogP contribution in [0.3, 0.4) is 0 Å². The van der Waals surface area contributed by atoms with E-state index in [-0.39, 0.29) is 16.5 Å². The molecule has 8 heteroatoms. The average molecular weight is 339 g/mol. The van der Waals surface area contributed by atoms with E-state index in [1.165, 1.54) is 24.3 Å². The summed E-state index contributed by atoms with van der Waals surface area (Å²) >= 11 is 0. The van der Waals surface area contributed by atoms with Crippen LogP contribution in [-0.2, 0) is 0 Å². The first-order valence-electron chi connectivity index (χ1n) is 6.47. The summed E-state index contributed by atoms with van der Waals surface area (Å²) < 4.78 is 67.4. The standard InChI is InChI=1S/C16H6F5NO2/c17-11-10(12(18)14(20)15(21)13(11)19)9-5-4-6-7(16(23)24)2-1-3-8(6)22-9/h1-5H,(H,23,24). The Bertz CT molecular complexity index is 974. The predicted molar refractivity (Wildman–Crippen MR) is 73.9 cm³/mol. The fraction of sp³-hybridized carbons (Fsp3) is 0. The first-order valence-corrected chi connectivity index (χ1v) is 6.47. The number of benzene rings is 2. The Hall–Kier alpha value is -3.03. The van der Waals surface area contributed by atoms with Crippen molar-refractivity contribution in [3.05, 3.63) is 65.0 Å². The number of nitrogens with zero attached hydrogens (tertiary/aromatic N) is 1. The van der Waals surface area contributed by atoms with Crippen molar-refractivity contribution in [3.8, 4) is 11.3 Å². The summed E-state index contributed by atoms with van der Waals surface area (Å²) in [4.78, 5) is 14.9. The molecule has 0 unspecified atom stereocenters. The largest absolute Gasteiger partial charge is 0.478 e. The first-order chi connectivity index (χ1) is 11.3. The number of aromatic nitrogens is 1. The third-order valence-electron chi connectivity index (χ3n) is 3.43. The molecule has 1 aromatic heterocycles. The molecule has 3 aromatic rings. The van der Waals surface area contributed by atoms with Gasteiger partial charge in [0, 0.05) is 5.39 Å². The number of aromatic carboxylic acids is 1. The van der Waals surface area contributed by atoms with E-state index in [0.29, 0.717) is 0 Å². The van der Waals surface area contributed by atoms with E-state index in [9.17, 15) is 26.7 Å². The van der Waals surface area contributed by atoms with Gasteiger partial charge in [-0.05, 0) is 24.3 Å². The van der Waals surface area contributed by atoms with E-state index in [1.54, 1.807) is 0 Å². The lowest BCUT2D eigenvalue weighted by Crippen LogP contribution is -2.05. The molecule has 0 bridgehead atoms. The SMILES string of the molecule is O=C(O)c1cccc2nc(-c3c(F)c(F)c(F)c(F)c3F)ccc12. The van der Waals surface area contributed by atoms with Crippen molar-refractivity contribution in [2.45, 2.75) is 0 Å². The molecule has 0 atom stereocenters. The van der Waals surface area contributed by atoms with Crippen LogP contribution in [0.4, 0.5) is 22.0 Å². The Morgan fingerprint density at radius 3 is 2.00 bits per heavy atom. The molecule has 1 N–H and O–H groups in total. The van der Waals surface area contributed by atoms with Crippen LogP contribution < -0.4 is 0 Å². The second-order valence-corrected chi connectivity index (χ2v) is 4.82. The van der Waals surface area contributed by atoms with Gasteiger partial charge in [0.25, 0.3) is 0 Å². The molecule has 0 saturated carbocycles. The van der Waals surface area contributed by atoms with E-state index in [0.717, 1.165) is 6.07 Å². The van der Waals surface area contributed by atoms with Gasteiger partial charge in [0.05, 0.1) is 22.3 Å². The molecule has 122 valence electrons. The van der Waals surface area contributed by atoms with Gasteiger partial charge in [-0.2, -0.15) is 0 Å². The van der Waals surface area contributed by atoms with Gasteiger partial charge in [-0.1, -0.05) is 6.07 Å². The highest BCUT2D eigenvalue weighted by Gasteiger charge is 2.27. The zero-order valence-electron chi connectivity index (χ0n) is 11.6. The number of carbonyl (C=O) groups is 1. The minimum absolute atomic E-state index is 0.0383. The number of carboxylic acids is 1. The number of hydrogen-bond donors (Lipinski definition) is 1. The highest BCUT2D eigenvalue weighted by Crippen LogP contribution is 2.31. The monoisotopic (exact) mass is 339 g/mol. The van der Waals surface area contributed by atoms with Crippen LogP contribution in [0.2, 0.25) is 0 Å². The maximum absolute atomic E-state index is 13.8. The van der Waals surface area contributed by atoms with Crippen molar-refractivity contribution in [1.82, 2.24) is 4.98 Å². The van der Waals surface area contributed by atoms with Gasteiger partial charge in [-0.25, -0.2) is 31.7 Å². The van der Waals surface area contributed by atoms with E-state index >= 15 is 0 Å². The first kappa shape index (κ1) is 15.9. The molecule has 24 heavy (non-hydrogen) atoms. The number of hydrogen-bond acceptors (Lipinski definition) is 2. The summed E-state index contributed by atoms with van der Waals surface area (Å²) in [6, 6.07) is 6.19. The van der Waals surface area contributed by atoms with Crippen LogP contribution in [0.1, 0.15) is 10.4 Å². The van der Waals surface area contributed by atoms with Crippen LogP contribution in [-0.4, -0.2) is 16.1 Å². The second kappa shape index (κ2) is 5.55. The summed E-state index contributed by atoms with van der Waals surface area (Å²) in [6.45, 7) is 0. The zero-order valence-corrected chi connectivity index (χ0v) is 11.6. The normalized spacial score (nSPS) is 11.0. The van der Waals surface area contributed by atoms with Gasteiger partial charge in [0.2, 0.25) is 5.82 Å². The number of rotatable bonds is 2. The van der Waals surface area contributed by atoms with Crippen molar-refractivity contribution in [3.63, 3.8) is 0 Å². The van der Waals surface area contributed by atoms with E-state index in [2.05, 4.69) is 4.98 Å². The maximum Gasteiger partial charge on any atom is 0.336 e. The lowest BCUT2D eigenvalue weighted by Gasteiger charge is -2.09.